The van der Waals surface area contributed by atoms with Crippen molar-refractivity contribution in [1.29, 1.82) is 1.43 Å². The SMILES string of the molecule is O=C(O)CC[C@H](NC(=O)CCNCc1ccccc1)C(=O)O.[2H]OC(=O)C(F)(F)F. The predicted octanol–water partition coefficient (Wildman–Crippen LogP) is 1.23. The van der Waals surface area contributed by atoms with Crippen LogP contribution in [0.2, 0.25) is 0 Å². The average Bonchev–Trinajstić information content (AvgIpc) is 2.68. The molecule has 0 saturated carbocycles. The van der Waals surface area contributed by atoms with Gasteiger partial charge in [0.1, 0.15) is 6.04 Å². The summed E-state index contributed by atoms with van der Waals surface area (Å²) in [6.07, 6.45) is -5.34. The number of carboxylic acid groups (broad SMARTS) is 3. The maximum Gasteiger partial charge on any atom is 0.490 e. The molecule has 0 aliphatic rings. The Morgan fingerprint density at radius 1 is 1.07 bits per heavy atom. The summed E-state index contributed by atoms with van der Waals surface area (Å²) in [4.78, 5) is 42.3. The summed E-state index contributed by atoms with van der Waals surface area (Å²) in [5.74, 6) is -5.24. The van der Waals surface area contributed by atoms with Crippen LogP contribution in [0, 0.1) is 0 Å². The molecule has 5 N–H and O–H groups in total. The van der Waals surface area contributed by atoms with E-state index in [-0.39, 0.29) is 19.3 Å². The van der Waals surface area contributed by atoms with Crippen LogP contribution in [0.4, 0.5) is 13.2 Å². The Morgan fingerprint density at radius 2 is 1.69 bits per heavy atom. The summed E-state index contributed by atoms with van der Waals surface area (Å²) in [5.41, 5.74) is 1.09. The van der Waals surface area contributed by atoms with E-state index in [2.05, 4.69) is 15.7 Å². The number of benzene rings is 1. The fourth-order valence-corrected chi connectivity index (χ4v) is 1.82. The van der Waals surface area contributed by atoms with Crippen LogP contribution in [0.25, 0.3) is 1.43 Å². The third-order valence-corrected chi connectivity index (χ3v) is 3.21. The van der Waals surface area contributed by atoms with Gasteiger partial charge in [0.2, 0.25) is 5.91 Å². The zero-order valence-electron chi connectivity index (χ0n) is 16.1. The molecule has 12 heteroatoms. The number of hydrogen-bond acceptors (Lipinski definition) is 6. The minimum absolute atomic E-state index is 0.129. The van der Waals surface area contributed by atoms with Crippen molar-refractivity contribution >= 4 is 23.8 Å². The van der Waals surface area contributed by atoms with Crippen molar-refractivity contribution in [3.05, 3.63) is 35.9 Å². The fourth-order valence-electron chi connectivity index (χ4n) is 1.82. The number of carboxylic acids is 3. The Labute approximate surface area is 165 Å². The monoisotopic (exact) mass is 423 g/mol. The molecule has 0 spiro atoms. The molecule has 162 valence electrons. The van der Waals surface area contributed by atoms with Gasteiger partial charge in [-0.05, 0) is 12.0 Å². The second kappa shape index (κ2) is 13.1. The van der Waals surface area contributed by atoms with Crippen LogP contribution in [-0.2, 0) is 25.7 Å². The number of hydrogen-bond donors (Lipinski definition) is 5. The van der Waals surface area contributed by atoms with E-state index in [1.165, 1.54) is 0 Å². The number of rotatable bonds is 10. The van der Waals surface area contributed by atoms with E-state index >= 15 is 0 Å². The lowest BCUT2D eigenvalue weighted by molar-refractivity contribution is -0.192. The first-order chi connectivity index (χ1) is 14.0. The normalized spacial score (nSPS) is 11.9. The summed E-state index contributed by atoms with van der Waals surface area (Å²) in [5, 5.41) is 25.5. The van der Waals surface area contributed by atoms with Crippen LogP contribution < -0.4 is 10.6 Å². The first-order valence-electron chi connectivity index (χ1n) is 8.61. The molecule has 0 saturated heterocycles. The maximum atomic E-state index is 11.7. The first-order valence-corrected chi connectivity index (χ1v) is 8.20. The molecular weight excluding hydrogens is 401 g/mol. The molecular formula is C17H21F3N2O7. The van der Waals surface area contributed by atoms with E-state index in [0.29, 0.717) is 13.1 Å². The van der Waals surface area contributed by atoms with Crippen LogP contribution in [0.1, 0.15) is 24.8 Å². The maximum absolute atomic E-state index is 11.7. The van der Waals surface area contributed by atoms with E-state index in [9.17, 15) is 32.3 Å². The number of halogens is 3. The van der Waals surface area contributed by atoms with E-state index in [1.54, 1.807) is 0 Å². The highest BCUT2D eigenvalue weighted by atomic mass is 19.4. The first kappa shape index (κ1) is 23.9. The van der Waals surface area contributed by atoms with Crippen LogP contribution in [-0.4, -0.2) is 57.9 Å². The molecule has 0 fully saturated rings. The highest BCUT2D eigenvalue weighted by Gasteiger charge is 2.38. The highest BCUT2D eigenvalue weighted by Crippen LogP contribution is 2.13. The van der Waals surface area contributed by atoms with Crippen molar-refractivity contribution in [2.24, 2.45) is 0 Å². The molecule has 0 aliphatic heterocycles. The standard InChI is InChI=1S/C15H20N2O5.C2HF3O2/c18-13(17-12(15(21)22)6-7-14(19)20)8-9-16-10-11-4-2-1-3-5-11;3-2(4,5)1(6)7/h1-5,12,16H,6-10H2,(H,17,18)(H,19,20)(H,21,22);(H,6,7)/t12-;/m0./s1/i/hD. The number of amides is 1. The molecule has 0 unspecified atom stereocenters. The summed E-state index contributed by atoms with van der Waals surface area (Å²) < 4.78 is 38.1. The lowest BCUT2D eigenvalue weighted by Crippen LogP contribution is -2.41. The van der Waals surface area contributed by atoms with E-state index in [1.807, 2.05) is 30.3 Å². The van der Waals surface area contributed by atoms with Gasteiger partial charge in [0.15, 0.2) is 0 Å². The molecule has 29 heavy (non-hydrogen) atoms. The number of nitrogens with one attached hydrogen (secondary N) is 2. The second-order valence-corrected chi connectivity index (χ2v) is 5.59. The largest absolute Gasteiger partial charge is 0.490 e. The van der Waals surface area contributed by atoms with Crippen LogP contribution in [0.3, 0.4) is 0 Å². The van der Waals surface area contributed by atoms with Gasteiger partial charge in [-0.2, -0.15) is 13.2 Å². The zero-order chi connectivity index (χ0) is 23.2. The Kier molecular flexibility index (Phi) is 10.8. The number of carbonyl (C=O) groups is 4. The second-order valence-electron chi connectivity index (χ2n) is 5.59. The molecule has 0 bridgehead atoms. The molecule has 0 radical (unpaired) electrons. The lowest BCUT2D eigenvalue weighted by Gasteiger charge is -2.13. The molecule has 1 amide bonds. The van der Waals surface area contributed by atoms with Gasteiger partial charge in [-0.1, -0.05) is 30.3 Å². The Morgan fingerprint density at radius 3 is 2.14 bits per heavy atom. The van der Waals surface area contributed by atoms with Crippen molar-refractivity contribution in [3.8, 4) is 0 Å². The number of carbonyl (C=O) groups excluding carboxylic acids is 1. The van der Waals surface area contributed by atoms with Crippen molar-refractivity contribution in [3.63, 3.8) is 0 Å². The van der Waals surface area contributed by atoms with Crippen molar-refractivity contribution < 1.29 is 47.7 Å². The third kappa shape index (κ3) is 13.6. The van der Waals surface area contributed by atoms with E-state index in [4.69, 9.17) is 11.6 Å². The Balaban J connectivity index is 0.000000890. The molecule has 0 aliphatic carbocycles. The number of alkyl halides is 3. The summed E-state index contributed by atoms with van der Waals surface area (Å²) >= 11 is 0. The topological polar surface area (TPSA) is 153 Å². The lowest BCUT2D eigenvalue weighted by atomic mass is 10.1. The minimum Gasteiger partial charge on any atom is -0.481 e. The van der Waals surface area contributed by atoms with Crippen molar-refractivity contribution in [2.45, 2.75) is 38.0 Å². The third-order valence-electron chi connectivity index (χ3n) is 3.21. The van der Waals surface area contributed by atoms with Gasteiger partial charge in [-0.25, -0.2) is 9.59 Å². The molecule has 1 rings (SSSR count). The molecule has 1 atom stereocenters. The summed E-state index contributed by atoms with van der Waals surface area (Å²) in [7, 11) is 0. The summed E-state index contributed by atoms with van der Waals surface area (Å²) in [6.45, 7) is 1.03. The van der Waals surface area contributed by atoms with Gasteiger partial charge in [0.25, 0.3) is 1.43 Å². The smallest absolute Gasteiger partial charge is 0.481 e. The van der Waals surface area contributed by atoms with Crippen molar-refractivity contribution in [1.82, 2.24) is 10.6 Å². The highest BCUT2D eigenvalue weighted by molar-refractivity contribution is 5.84. The van der Waals surface area contributed by atoms with Crippen molar-refractivity contribution in [2.75, 3.05) is 6.54 Å². The predicted molar refractivity (Wildman–Crippen MR) is 92.9 cm³/mol. The number of aliphatic carboxylic acids is 3. The van der Waals surface area contributed by atoms with Gasteiger partial charge >= 0.3 is 24.1 Å². The van der Waals surface area contributed by atoms with Crippen LogP contribution in [0.5, 0.6) is 0 Å². The average molecular weight is 423 g/mol. The van der Waals surface area contributed by atoms with Gasteiger partial charge < -0.3 is 26.0 Å². The molecule has 0 heterocycles. The van der Waals surface area contributed by atoms with Gasteiger partial charge in [-0.15, -0.1) is 0 Å². The minimum atomic E-state index is -5.04. The molecule has 1 aromatic carbocycles. The molecule has 0 aromatic heterocycles. The van der Waals surface area contributed by atoms with Gasteiger partial charge in [0, 0.05) is 25.9 Å². The van der Waals surface area contributed by atoms with E-state index < -0.39 is 36.0 Å². The zero-order valence-corrected chi connectivity index (χ0v) is 15.1. The fraction of sp³-hybridized carbons (Fsp3) is 0.412. The Hall–Kier alpha value is -3.15. The Bertz CT molecular complexity index is 702. The van der Waals surface area contributed by atoms with Gasteiger partial charge in [-0.3, -0.25) is 9.59 Å². The quantitative estimate of drug-likeness (QED) is 0.352. The molecule has 1 aromatic rings. The molecule has 9 nitrogen and oxygen atoms in total. The van der Waals surface area contributed by atoms with Gasteiger partial charge in [0.05, 0.1) is 0 Å². The van der Waals surface area contributed by atoms with E-state index in [0.717, 1.165) is 5.56 Å². The van der Waals surface area contributed by atoms with Crippen LogP contribution >= 0.6 is 0 Å². The summed E-state index contributed by atoms with van der Waals surface area (Å²) in [6, 6.07) is 8.50. The van der Waals surface area contributed by atoms with Crippen LogP contribution in [0.15, 0.2) is 30.3 Å².